The van der Waals surface area contributed by atoms with Crippen LogP contribution in [0.2, 0.25) is 0 Å². The summed E-state index contributed by atoms with van der Waals surface area (Å²) in [6.07, 6.45) is 6.02. The standard InChI is InChI=1S/C10H18/c1-5-10(4)7-6-8(2)9(10)3/h6-9H,5H2,1-4H3/t8-,9+,10+/m1/s1. The Balaban J connectivity index is 2.74. The molecule has 0 N–H and O–H groups in total. The van der Waals surface area contributed by atoms with Crippen LogP contribution in [0.1, 0.15) is 34.1 Å². The van der Waals surface area contributed by atoms with Gasteiger partial charge in [-0.3, -0.25) is 0 Å². The molecule has 0 bridgehead atoms. The van der Waals surface area contributed by atoms with Crippen molar-refractivity contribution in [2.75, 3.05) is 0 Å². The molecule has 3 atom stereocenters. The van der Waals surface area contributed by atoms with Crippen molar-refractivity contribution >= 4 is 0 Å². The number of hydrogen-bond acceptors (Lipinski definition) is 0. The van der Waals surface area contributed by atoms with Crippen LogP contribution < -0.4 is 0 Å². The van der Waals surface area contributed by atoms with Crippen LogP contribution in [0, 0.1) is 17.3 Å². The summed E-state index contributed by atoms with van der Waals surface area (Å²) in [5, 5.41) is 0. The second-order valence-electron chi connectivity index (χ2n) is 3.87. The molecular formula is C10H18. The first-order chi connectivity index (χ1) is 4.60. The van der Waals surface area contributed by atoms with E-state index in [0.717, 1.165) is 11.8 Å². The summed E-state index contributed by atoms with van der Waals surface area (Å²) in [5.41, 5.74) is 0.486. The molecular weight excluding hydrogens is 120 g/mol. The third kappa shape index (κ3) is 1.00. The molecule has 0 heterocycles. The van der Waals surface area contributed by atoms with E-state index in [4.69, 9.17) is 0 Å². The molecule has 0 spiro atoms. The summed E-state index contributed by atoms with van der Waals surface area (Å²) in [6, 6.07) is 0. The Bertz CT molecular complexity index is 146. The molecule has 0 aromatic rings. The lowest BCUT2D eigenvalue weighted by Gasteiger charge is -2.28. The van der Waals surface area contributed by atoms with Gasteiger partial charge in [0, 0.05) is 0 Å². The highest BCUT2D eigenvalue weighted by Gasteiger charge is 2.33. The molecule has 0 radical (unpaired) electrons. The summed E-state index contributed by atoms with van der Waals surface area (Å²) >= 11 is 0. The molecule has 0 aromatic carbocycles. The minimum atomic E-state index is 0.486. The van der Waals surface area contributed by atoms with Crippen LogP contribution in [0.25, 0.3) is 0 Å². The summed E-state index contributed by atoms with van der Waals surface area (Å²) in [5.74, 6) is 1.61. The highest BCUT2D eigenvalue weighted by atomic mass is 14.4. The fourth-order valence-corrected chi connectivity index (χ4v) is 1.73. The van der Waals surface area contributed by atoms with E-state index in [9.17, 15) is 0 Å². The van der Waals surface area contributed by atoms with Gasteiger partial charge in [-0.1, -0.05) is 39.8 Å². The van der Waals surface area contributed by atoms with E-state index in [1.807, 2.05) is 0 Å². The summed E-state index contributed by atoms with van der Waals surface area (Å²) in [7, 11) is 0. The van der Waals surface area contributed by atoms with Crippen molar-refractivity contribution in [1.82, 2.24) is 0 Å². The van der Waals surface area contributed by atoms with Crippen LogP contribution in [0.5, 0.6) is 0 Å². The van der Waals surface area contributed by atoms with Crippen molar-refractivity contribution in [2.45, 2.75) is 34.1 Å². The van der Waals surface area contributed by atoms with E-state index in [2.05, 4.69) is 39.8 Å². The van der Waals surface area contributed by atoms with Gasteiger partial charge in [0.15, 0.2) is 0 Å². The van der Waals surface area contributed by atoms with Gasteiger partial charge in [-0.05, 0) is 23.7 Å². The lowest BCUT2D eigenvalue weighted by Crippen LogP contribution is -2.21. The molecule has 0 saturated carbocycles. The average molecular weight is 138 g/mol. The van der Waals surface area contributed by atoms with Crippen LogP contribution in [0.4, 0.5) is 0 Å². The maximum Gasteiger partial charge on any atom is -0.0118 e. The van der Waals surface area contributed by atoms with Gasteiger partial charge in [0.25, 0.3) is 0 Å². The van der Waals surface area contributed by atoms with Crippen LogP contribution in [0.3, 0.4) is 0 Å². The molecule has 0 unspecified atom stereocenters. The van der Waals surface area contributed by atoms with Crippen molar-refractivity contribution in [2.24, 2.45) is 17.3 Å². The first kappa shape index (κ1) is 7.84. The molecule has 1 aliphatic carbocycles. The summed E-state index contributed by atoms with van der Waals surface area (Å²) in [4.78, 5) is 0. The van der Waals surface area contributed by atoms with Gasteiger partial charge in [0.2, 0.25) is 0 Å². The van der Waals surface area contributed by atoms with Crippen LogP contribution in [-0.4, -0.2) is 0 Å². The van der Waals surface area contributed by atoms with Crippen LogP contribution >= 0.6 is 0 Å². The monoisotopic (exact) mass is 138 g/mol. The number of hydrogen-bond donors (Lipinski definition) is 0. The zero-order valence-electron chi connectivity index (χ0n) is 7.52. The van der Waals surface area contributed by atoms with Crippen molar-refractivity contribution in [1.29, 1.82) is 0 Å². The Hall–Kier alpha value is -0.260. The fourth-order valence-electron chi connectivity index (χ4n) is 1.73. The second-order valence-corrected chi connectivity index (χ2v) is 3.87. The molecule has 0 amide bonds. The minimum absolute atomic E-state index is 0.486. The molecule has 1 rings (SSSR count). The zero-order chi connectivity index (χ0) is 7.78. The third-order valence-corrected chi connectivity index (χ3v) is 3.37. The first-order valence-electron chi connectivity index (χ1n) is 4.29. The maximum atomic E-state index is 2.39. The van der Waals surface area contributed by atoms with Gasteiger partial charge in [-0.25, -0.2) is 0 Å². The van der Waals surface area contributed by atoms with Crippen molar-refractivity contribution in [3.05, 3.63) is 12.2 Å². The van der Waals surface area contributed by atoms with Gasteiger partial charge in [0.1, 0.15) is 0 Å². The Kier molecular flexibility index (Phi) is 1.89. The Morgan fingerprint density at radius 2 is 2.00 bits per heavy atom. The van der Waals surface area contributed by atoms with Gasteiger partial charge in [-0.15, -0.1) is 0 Å². The van der Waals surface area contributed by atoms with E-state index in [-0.39, 0.29) is 0 Å². The zero-order valence-corrected chi connectivity index (χ0v) is 7.52. The van der Waals surface area contributed by atoms with E-state index in [1.54, 1.807) is 0 Å². The van der Waals surface area contributed by atoms with Crippen LogP contribution in [-0.2, 0) is 0 Å². The first-order valence-corrected chi connectivity index (χ1v) is 4.29. The van der Waals surface area contributed by atoms with E-state index in [1.165, 1.54) is 6.42 Å². The van der Waals surface area contributed by atoms with E-state index < -0.39 is 0 Å². The summed E-state index contributed by atoms with van der Waals surface area (Å²) < 4.78 is 0. The minimum Gasteiger partial charge on any atom is -0.0848 e. The normalized spacial score (nSPS) is 46.4. The topological polar surface area (TPSA) is 0 Å². The number of allylic oxidation sites excluding steroid dienone is 2. The highest BCUT2D eigenvalue weighted by molar-refractivity contribution is 5.10. The van der Waals surface area contributed by atoms with E-state index >= 15 is 0 Å². The molecule has 58 valence electrons. The molecule has 0 saturated heterocycles. The smallest absolute Gasteiger partial charge is 0.0118 e. The SMILES string of the molecule is CC[C@@]1(C)C=C[C@@H](C)[C@@H]1C. The molecule has 0 aliphatic heterocycles. The average Bonchev–Trinajstić information content (AvgIpc) is 2.19. The Morgan fingerprint density at radius 1 is 1.40 bits per heavy atom. The largest absolute Gasteiger partial charge is 0.0848 e. The second kappa shape index (κ2) is 2.41. The fraction of sp³-hybridized carbons (Fsp3) is 0.800. The van der Waals surface area contributed by atoms with Crippen molar-refractivity contribution in [3.8, 4) is 0 Å². The highest BCUT2D eigenvalue weighted by Crippen LogP contribution is 2.42. The molecule has 10 heavy (non-hydrogen) atoms. The van der Waals surface area contributed by atoms with Gasteiger partial charge in [-0.2, -0.15) is 0 Å². The van der Waals surface area contributed by atoms with Gasteiger partial charge in [0.05, 0.1) is 0 Å². The number of rotatable bonds is 1. The predicted molar refractivity (Wildman–Crippen MR) is 45.9 cm³/mol. The Morgan fingerprint density at radius 3 is 2.20 bits per heavy atom. The van der Waals surface area contributed by atoms with Gasteiger partial charge >= 0.3 is 0 Å². The van der Waals surface area contributed by atoms with Crippen molar-refractivity contribution < 1.29 is 0 Å². The molecule has 0 aromatic heterocycles. The predicted octanol–water partition coefficient (Wildman–Crippen LogP) is 3.24. The Labute approximate surface area is 64.3 Å². The van der Waals surface area contributed by atoms with Gasteiger partial charge < -0.3 is 0 Å². The summed E-state index contributed by atoms with van der Waals surface area (Å²) in [6.45, 7) is 9.30. The molecule has 0 nitrogen and oxygen atoms in total. The third-order valence-electron chi connectivity index (χ3n) is 3.37. The lowest BCUT2D eigenvalue weighted by molar-refractivity contribution is 0.247. The van der Waals surface area contributed by atoms with Crippen LogP contribution in [0.15, 0.2) is 12.2 Å². The maximum absolute atomic E-state index is 2.39. The van der Waals surface area contributed by atoms with Crippen molar-refractivity contribution in [3.63, 3.8) is 0 Å². The molecule has 1 aliphatic rings. The molecule has 0 fully saturated rings. The lowest BCUT2D eigenvalue weighted by atomic mass is 9.76. The quantitative estimate of drug-likeness (QED) is 0.488. The van der Waals surface area contributed by atoms with E-state index in [0.29, 0.717) is 5.41 Å². The molecule has 0 heteroatoms.